The smallest absolute Gasteiger partial charge is 0.338 e. The molecule has 21 heavy (non-hydrogen) atoms. The maximum absolute atomic E-state index is 12.0. The molecule has 0 bridgehead atoms. The molecule has 2 rings (SSSR count). The SMILES string of the molecule is Cc1cccc(NC(=O)Cc2cccc(N)c2)c1C(=O)O. The Balaban J connectivity index is 2.17. The summed E-state index contributed by atoms with van der Waals surface area (Å²) < 4.78 is 0. The van der Waals surface area contributed by atoms with Crippen molar-refractivity contribution < 1.29 is 14.7 Å². The van der Waals surface area contributed by atoms with E-state index < -0.39 is 5.97 Å². The topological polar surface area (TPSA) is 92.4 Å². The number of nitrogen functional groups attached to an aromatic ring is 1. The summed E-state index contributed by atoms with van der Waals surface area (Å²) in [5.74, 6) is -1.35. The van der Waals surface area contributed by atoms with E-state index in [4.69, 9.17) is 5.73 Å². The van der Waals surface area contributed by atoms with E-state index in [0.717, 1.165) is 5.56 Å². The van der Waals surface area contributed by atoms with E-state index in [2.05, 4.69) is 5.32 Å². The summed E-state index contributed by atoms with van der Waals surface area (Å²) in [6.07, 6.45) is 0.137. The lowest BCUT2D eigenvalue weighted by Gasteiger charge is -2.10. The molecule has 108 valence electrons. The highest BCUT2D eigenvalue weighted by atomic mass is 16.4. The summed E-state index contributed by atoms with van der Waals surface area (Å²) in [5.41, 5.74) is 8.03. The summed E-state index contributed by atoms with van der Waals surface area (Å²) in [6.45, 7) is 1.69. The Kier molecular flexibility index (Phi) is 4.23. The fourth-order valence-corrected chi connectivity index (χ4v) is 2.14. The molecular formula is C16H16N2O3. The minimum Gasteiger partial charge on any atom is -0.478 e. The van der Waals surface area contributed by atoms with Crippen LogP contribution in [0.25, 0.3) is 0 Å². The number of anilines is 2. The van der Waals surface area contributed by atoms with Crippen molar-refractivity contribution in [1.82, 2.24) is 0 Å². The summed E-state index contributed by atoms with van der Waals surface area (Å²) in [4.78, 5) is 23.3. The fourth-order valence-electron chi connectivity index (χ4n) is 2.14. The highest BCUT2D eigenvalue weighted by Crippen LogP contribution is 2.20. The molecule has 0 aromatic heterocycles. The zero-order valence-electron chi connectivity index (χ0n) is 11.6. The van der Waals surface area contributed by atoms with E-state index in [9.17, 15) is 14.7 Å². The Labute approximate surface area is 122 Å². The average Bonchev–Trinajstić information content (AvgIpc) is 2.37. The number of carboxylic acid groups (broad SMARTS) is 1. The third kappa shape index (κ3) is 3.60. The molecule has 2 aromatic carbocycles. The lowest BCUT2D eigenvalue weighted by atomic mass is 10.1. The van der Waals surface area contributed by atoms with Gasteiger partial charge in [0, 0.05) is 5.69 Å². The second kappa shape index (κ2) is 6.09. The summed E-state index contributed by atoms with van der Waals surface area (Å²) >= 11 is 0. The maximum atomic E-state index is 12.0. The van der Waals surface area contributed by atoms with E-state index in [1.54, 1.807) is 49.4 Å². The van der Waals surface area contributed by atoms with Crippen molar-refractivity contribution in [3.05, 3.63) is 59.2 Å². The molecule has 0 aliphatic rings. The molecule has 0 unspecified atom stereocenters. The molecule has 0 spiro atoms. The third-order valence-corrected chi connectivity index (χ3v) is 3.08. The first-order chi connectivity index (χ1) is 9.97. The molecule has 0 saturated carbocycles. The Morgan fingerprint density at radius 1 is 1.19 bits per heavy atom. The van der Waals surface area contributed by atoms with Crippen LogP contribution in [0.3, 0.4) is 0 Å². The van der Waals surface area contributed by atoms with Gasteiger partial charge in [0.05, 0.1) is 17.7 Å². The normalized spacial score (nSPS) is 10.1. The number of carbonyl (C=O) groups excluding carboxylic acids is 1. The first-order valence-corrected chi connectivity index (χ1v) is 6.44. The number of aryl methyl sites for hydroxylation is 1. The Bertz CT molecular complexity index is 696. The summed E-state index contributed by atoms with van der Waals surface area (Å²) in [6, 6.07) is 12.0. The van der Waals surface area contributed by atoms with Crippen LogP contribution < -0.4 is 11.1 Å². The molecule has 1 amide bonds. The lowest BCUT2D eigenvalue weighted by molar-refractivity contribution is -0.115. The highest BCUT2D eigenvalue weighted by molar-refractivity contribution is 6.02. The van der Waals surface area contributed by atoms with Gasteiger partial charge in [-0.25, -0.2) is 4.79 Å². The van der Waals surface area contributed by atoms with Crippen molar-refractivity contribution >= 4 is 23.3 Å². The van der Waals surface area contributed by atoms with Crippen LogP contribution in [-0.4, -0.2) is 17.0 Å². The quantitative estimate of drug-likeness (QED) is 0.752. The van der Waals surface area contributed by atoms with Gasteiger partial charge in [0.25, 0.3) is 0 Å². The summed E-state index contributed by atoms with van der Waals surface area (Å²) in [7, 11) is 0. The molecular weight excluding hydrogens is 268 g/mol. The number of amides is 1. The van der Waals surface area contributed by atoms with Gasteiger partial charge < -0.3 is 16.2 Å². The van der Waals surface area contributed by atoms with Gasteiger partial charge in [-0.2, -0.15) is 0 Å². The largest absolute Gasteiger partial charge is 0.478 e. The van der Waals surface area contributed by atoms with E-state index in [-0.39, 0.29) is 17.9 Å². The van der Waals surface area contributed by atoms with Gasteiger partial charge >= 0.3 is 5.97 Å². The average molecular weight is 284 g/mol. The van der Waals surface area contributed by atoms with Gasteiger partial charge in [-0.15, -0.1) is 0 Å². The zero-order chi connectivity index (χ0) is 15.4. The second-order valence-electron chi connectivity index (χ2n) is 4.77. The predicted molar refractivity (Wildman–Crippen MR) is 81.3 cm³/mol. The molecule has 0 saturated heterocycles. The Morgan fingerprint density at radius 2 is 1.90 bits per heavy atom. The van der Waals surface area contributed by atoms with Crippen LogP contribution in [0.1, 0.15) is 21.5 Å². The van der Waals surface area contributed by atoms with Crippen LogP contribution in [0.2, 0.25) is 0 Å². The van der Waals surface area contributed by atoms with E-state index in [1.165, 1.54) is 0 Å². The Morgan fingerprint density at radius 3 is 2.57 bits per heavy atom. The molecule has 0 atom stereocenters. The number of nitrogens with two attached hydrogens (primary N) is 1. The van der Waals surface area contributed by atoms with Gasteiger partial charge in [0.15, 0.2) is 0 Å². The van der Waals surface area contributed by atoms with Crippen molar-refractivity contribution in [3.63, 3.8) is 0 Å². The number of benzene rings is 2. The first-order valence-electron chi connectivity index (χ1n) is 6.44. The standard InChI is InChI=1S/C16H16N2O3/c1-10-4-2-7-13(15(10)16(20)21)18-14(19)9-11-5-3-6-12(17)8-11/h2-8H,9,17H2,1H3,(H,18,19)(H,20,21). The maximum Gasteiger partial charge on any atom is 0.338 e. The predicted octanol–water partition coefficient (Wildman–Crippen LogP) is 2.46. The number of hydrogen-bond donors (Lipinski definition) is 3. The number of carboxylic acids is 1. The Hall–Kier alpha value is -2.82. The molecule has 0 heterocycles. The molecule has 0 radical (unpaired) electrons. The number of hydrogen-bond acceptors (Lipinski definition) is 3. The second-order valence-corrected chi connectivity index (χ2v) is 4.77. The van der Waals surface area contributed by atoms with Crippen LogP contribution in [0.5, 0.6) is 0 Å². The molecule has 0 aliphatic carbocycles. The third-order valence-electron chi connectivity index (χ3n) is 3.08. The number of carbonyl (C=O) groups is 2. The van der Waals surface area contributed by atoms with Crippen molar-refractivity contribution in [3.8, 4) is 0 Å². The monoisotopic (exact) mass is 284 g/mol. The van der Waals surface area contributed by atoms with Crippen LogP contribution in [0.15, 0.2) is 42.5 Å². The van der Waals surface area contributed by atoms with Crippen molar-refractivity contribution in [2.45, 2.75) is 13.3 Å². The zero-order valence-corrected chi connectivity index (χ0v) is 11.6. The number of aromatic carboxylic acids is 1. The molecule has 2 aromatic rings. The fraction of sp³-hybridized carbons (Fsp3) is 0.125. The highest BCUT2D eigenvalue weighted by Gasteiger charge is 2.15. The number of nitrogens with one attached hydrogen (secondary N) is 1. The van der Waals surface area contributed by atoms with Crippen LogP contribution >= 0.6 is 0 Å². The van der Waals surface area contributed by atoms with Crippen molar-refractivity contribution in [1.29, 1.82) is 0 Å². The number of rotatable bonds is 4. The van der Waals surface area contributed by atoms with E-state index >= 15 is 0 Å². The van der Waals surface area contributed by atoms with Gasteiger partial charge in [-0.3, -0.25) is 4.79 Å². The molecule has 4 N–H and O–H groups in total. The molecule has 5 heteroatoms. The molecule has 0 aliphatic heterocycles. The van der Waals surface area contributed by atoms with Crippen molar-refractivity contribution in [2.24, 2.45) is 0 Å². The first kappa shape index (κ1) is 14.6. The van der Waals surface area contributed by atoms with Crippen LogP contribution in [0, 0.1) is 6.92 Å². The summed E-state index contributed by atoms with van der Waals surface area (Å²) in [5, 5.41) is 11.9. The lowest BCUT2D eigenvalue weighted by Crippen LogP contribution is -2.17. The van der Waals surface area contributed by atoms with Gasteiger partial charge in [0.1, 0.15) is 0 Å². The van der Waals surface area contributed by atoms with Gasteiger partial charge in [-0.05, 0) is 36.2 Å². The minimum absolute atomic E-state index is 0.110. The van der Waals surface area contributed by atoms with Crippen molar-refractivity contribution in [2.75, 3.05) is 11.1 Å². The van der Waals surface area contributed by atoms with Crippen LogP contribution in [-0.2, 0) is 11.2 Å². The van der Waals surface area contributed by atoms with Crippen LogP contribution in [0.4, 0.5) is 11.4 Å². The van der Waals surface area contributed by atoms with Gasteiger partial charge in [0.2, 0.25) is 5.91 Å². The molecule has 5 nitrogen and oxygen atoms in total. The van der Waals surface area contributed by atoms with Gasteiger partial charge in [-0.1, -0.05) is 24.3 Å². The van der Waals surface area contributed by atoms with E-state index in [1.807, 2.05) is 0 Å². The van der Waals surface area contributed by atoms with E-state index in [0.29, 0.717) is 16.9 Å². The molecule has 0 fully saturated rings. The minimum atomic E-state index is -1.06.